The highest BCUT2D eigenvalue weighted by molar-refractivity contribution is 5.83. The van der Waals surface area contributed by atoms with Crippen molar-refractivity contribution >= 4 is 5.78 Å². The largest absolute Gasteiger partial charge is 0.375 e. The molecule has 0 aliphatic heterocycles. The molecule has 0 aromatic rings. The highest BCUT2D eigenvalue weighted by atomic mass is 16.5. The third-order valence-electron chi connectivity index (χ3n) is 3.74. The molecular weight excluding hydrogens is 274 g/mol. The van der Waals surface area contributed by atoms with Crippen LogP contribution in [0, 0.1) is 10.8 Å². The van der Waals surface area contributed by atoms with E-state index in [1.807, 2.05) is 20.8 Å². The maximum absolute atomic E-state index is 12.1. The first-order valence-corrected chi connectivity index (χ1v) is 8.46. The van der Waals surface area contributed by atoms with Crippen molar-refractivity contribution in [3.63, 3.8) is 0 Å². The molecule has 0 rings (SSSR count). The lowest BCUT2D eigenvalue weighted by Crippen LogP contribution is -2.44. The number of ether oxygens (including phenoxy) is 1. The van der Waals surface area contributed by atoms with E-state index in [4.69, 9.17) is 4.74 Å². The molecule has 0 saturated carbocycles. The van der Waals surface area contributed by atoms with Gasteiger partial charge in [-0.15, -0.1) is 0 Å². The third-order valence-corrected chi connectivity index (χ3v) is 3.74. The van der Waals surface area contributed by atoms with Crippen LogP contribution in [0.4, 0.5) is 0 Å². The van der Waals surface area contributed by atoms with E-state index in [2.05, 4.69) is 53.8 Å². The lowest BCUT2D eigenvalue weighted by molar-refractivity contribution is -0.128. The number of hydrogen-bond acceptors (Lipinski definition) is 3. The summed E-state index contributed by atoms with van der Waals surface area (Å²) in [6, 6.07) is 0. The molecule has 132 valence electrons. The van der Waals surface area contributed by atoms with Gasteiger partial charge in [-0.1, -0.05) is 34.6 Å². The number of ketones is 1. The predicted molar refractivity (Wildman–Crippen MR) is 95.3 cm³/mol. The van der Waals surface area contributed by atoms with Crippen LogP contribution in [0.1, 0.15) is 82.1 Å². The summed E-state index contributed by atoms with van der Waals surface area (Å²) >= 11 is 0. The molecule has 3 heteroatoms. The first kappa shape index (κ1) is 21.6. The fourth-order valence-corrected chi connectivity index (χ4v) is 1.81. The summed E-state index contributed by atoms with van der Waals surface area (Å²) in [6.45, 7) is 22.6. The molecule has 0 heterocycles. The summed E-state index contributed by atoms with van der Waals surface area (Å²) in [5.74, 6) is 0.304. The fraction of sp³-hybridized carbons (Fsp3) is 0.947. The smallest absolute Gasteiger partial charge is 0.138 e. The van der Waals surface area contributed by atoms with Crippen LogP contribution >= 0.6 is 0 Å². The maximum atomic E-state index is 12.1. The van der Waals surface area contributed by atoms with Gasteiger partial charge in [-0.25, -0.2) is 0 Å². The average Bonchev–Trinajstić information content (AvgIpc) is 2.30. The molecule has 0 aromatic carbocycles. The van der Waals surface area contributed by atoms with Gasteiger partial charge in [-0.05, 0) is 41.0 Å². The van der Waals surface area contributed by atoms with E-state index in [1.165, 1.54) is 0 Å². The van der Waals surface area contributed by atoms with Crippen LogP contribution < -0.4 is 5.32 Å². The minimum Gasteiger partial charge on any atom is -0.375 e. The van der Waals surface area contributed by atoms with Gasteiger partial charge in [0, 0.05) is 29.3 Å². The van der Waals surface area contributed by atoms with Crippen LogP contribution in [0.5, 0.6) is 0 Å². The Bertz CT molecular complexity index is 357. The van der Waals surface area contributed by atoms with Gasteiger partial charge >= 0.3 is 0 Å². The Labute approximate surface area is 138 Å². The molecule has 0 atom stereocenters. The van der Waals surface area contributed by atoms with Gasteiger partial charge in [-0.2, -0.15) is 0 Å². The molecule has 0 saturated heterocycles. The Morgan fingerprint density at radius 2 is 1.41 bits per heavy atom. The first-order valence-electron chi connectivity index (χ1n) is 8.46. The Balaban J connectivity index is 4.33. The second-order valence-corrected chi connectivity index (χ2v) is 9.99. The van der Waals surface area contributed by atoms with Crippen LogP contribution in [-0.2, 0) is 9.53 Å². The van der Waals surface area contributed by atoms with Gasteiger partial charge in [0.15, 0.2) is 0 Å². The Hall–Kier alpha value is -0.410. The quantitative estimate of drug-likeness (QED) is 0.712. The molecule has 0 unspecified atom stereocenters. The zero-order valence-corrected chi connectivity index (χ0v) is 16.6. The molecule has 0 fully saturated rings. The summed E-state index contributed by atoms with van der Waals surface area (Å²) in [4.78, 5) is 12.1. The van der Waals surface area contributed by atoms with Crippen molar-refractivity contribution in [2.75, 3.05) is 13.2 Å². The second-order valence-electron chi connectivity index (χ2n) is 9.99. The summed E-state index contributed by atoms with van der Waals surface area (Å²) < 4.78 is 6.13. The van der Waals surface area contributed by atoms with Crippen molar-refractivity contribution in [1.29, 1.82) is 0 Å². The minimum absolute atomic E-state index is 0.0680. The van der Waals surface area contributed by atoms with Crippen molar-refractivity contribution < 1.29 is 9.53 Å². The fourth-order valence-electron chi connectivity index (χ4n) is 1.81. The molecule has 0 aliphatic carbocycles. The van der Waals surface area contributed by atoms with E-state index in [1.54, 1.807) is 0 Å². The molecule has 0 amide bonds. The van der Waals surface area contributed by atoms with Crippen molar-refractivity contribution in [1.82, 2.24) is 5.32 Å². The molecule has 0 radical (unpaired) electrons. The molecule has 22 heavy (non-hydrogen) atoms. The van der Waals surface area contributed by atoms with E-state index in [9.17, 15) is 4.79 Å². The average molecular weight is 314 g/mol. The number of carbonyl (C=O) groups is 1. The number of Topliss-reactive ketones (excluding diaryl/α,β-unsaturated/α-hetero) is 1. The zero-order valence-electron chi connectivity index (χ0n) is 16.6. The number of carbonyl (C=O) groups excluding carboxylic acids is 1. The van der Waals surface area contributed by atoms with E-state index in [-0.39, 0.29) is 22.0 Å². The topological polar surface area (TPSA) is 38.3 Å². The minimum atomic E-state index is -0.264. The van der Waals surface area contributed by atoms with Gasteiger partial charge in [-0.3, -0.25) is 4.79 Å². The highest BCUT2D eigenvalue weighted by Crippen LogP contribution is 2.26. The Kier molecular flexibility index (Phi) is 7.30. The van der Waals surface area contributed by atoms with Crippen molar-refractivity contribution in [3.05, 3.63) is 0 Å². The van der Waals surface area contributed by atoms with Crippen LogP contribution in [0.3, 0.4) is 0 Å². The summed E-state index contributed by atoms with van der Waals surface area (Å²) in [7, 11) is 0. The van der Waals surface area contributed by atoms with Crippen LogP contribution in [0.15, 0.2) is 0 Å². The van der Waals surface area contributed by atoms with Crippen molar-refractivity contribution in [2.45, 2.75) is 93.2 Å². The van der Waals surface area contributed by atoms with Gasteiger partial charge in [0.05, 0.1) is 12.2 Å². The van der Waals surface area contributed by atoms with Gasteiger partial charge in [0.25, 0.3) is 0 Å². The van der Waals surface area contributed by atoms with Gasteiger partial charge in [0.1, 0.15) is 5.78 Å². The molecule has 0 aromatic heterocycles. The van der Waals surface area contributed by atoms with Crippen LogP contribution in [0.25, 0.3) is 0 Å². The molecule has 3 nitrogen and oxygen atoms in total. The number of hydrogen-bond donors (Lipinski definition) is 1. The summed E-state index contributed by atoms with van der Waals surface area (Å²) in [5.41, 5.74) is -0.337. The third kappa shape index (κ3) is 10.3. The van der Waals surface area contributed by atoms with Crippen molar-refractivity contribution in [3.8, 4) is 0 Å². The monoisotopic (exact) mass is 313 g/mol. The summed E-state index contributed by atoms with van der Waals surface area (Å²) in [6.07, 6.45) is 1.35. The normalized spacial score (nSPS) is 14.3. The molecule has 1 N–H and O–H groups in total. The Morgan fingerprint density at radius 3 is 1.82 bits per heavy atom. The van der Waals surface area contributed by atoms with Crippen LogP contribution in [-0.4, -0.2) is 30.1 Å². The number of rotatable bonds is 8. The molecular formula is C19H39NO2. The lowest BCUT2D eigenvalue weighted by atomic mass is 9.86. The zero-order chi connectivity index (χ0) is 17.8. The van der Waals surface area contributed by atoms with E-state index in [0.29, 0.717) is 18.8 Å². The first-order chi connectivity index (χ1) is 9.54. The molecule has 0 spiro atoms. The van der Waals surface area contributed by atoms with E-state index in [0.717, 1.165) is 13.0 Å². The summed E-state index contributed by atoms with van der Waals surface area (Å²) in [5, 5.41) is 3.53. The van der Waals surface area contributed by atoms with Gasteiger partial charge < -0.3 is 10.1 Å². The standard InChI is InChI=1S/C19H39NO2/c1-16(2,3)15(21)11-12-19(9,10)22-14-18(7,8)13-20-17(4,5)6/h20H,11-14H2,1-10H3. The predicted octanol–water partition coefficient (Wildman–Crippen LogP) is 4.59. The molecule has 0 bridgehead atoms. The van der Waals surface area contributed by atoms with Crippen molar-refractivity contribution in [2.24, 2.45) is 10.8 Å². The van der Waals surface area contributed by atoms with Crippen LogP contribution in [0.2, 0.25) is 0 Å². The maximum Gasteiger partial charge on any atom is 0.138 e. The number of nitrogens with one attached hydrogen (secondary N) is 1. The lowest BCUT2D eigenvalue weighted by Gasteiger charge is -2.34. The molecule has 0 aliphatic rings. The van der Waals surface area contributed by atoms with Gasteiger partial charge in [0.2, 0.25) is 0 Å². The van der Waals surface area contributed by atoms with E-state index < -0.39 is 0 Å². The highest BCUT2D eigenvalue weighted by Gasteiger charge is 2.28. The SMILES string of the molecule is CC(C)(CNC(C)(C)C)COC(C)(C)CCC(=O)C(C)(C)C. The van der Waals surface area contributed by atoms with E-state index >= 15 is 0 Å². The Morgan fingerprint density at radius 1 is 0.909 bits per heavy atom. The second kappa shape index (κ2) is 7.44.